The molecule has 0 atom stereocenters. The van der Waals surface area contributed by atoms with Gasteiger partial charge in [-0.1, -0.05) is 23.8 Å². The van der Waals surface area contributed by atoms with Crippen LogP contribution in [0.4, 0.5) is 10.5 Å². The summed E-state index contributed by atoms with van der Waals surface area (Å²) in [6, 6.07) is 11.9. The van der Waals surface area contributed by atoms with E-state index < -0.39 is 6.09 Å². The normalized spacial score (nSPS) is 10.3. The summed E-state index contributed by atoms with van der Waals surface area (Å²) in [5.41, 5.74) is 3.91. The van der Waals surface area contributed by atoms with Gasteiger partial charge in [-0.15, -0.1) is 0 Å². The van der Waals surface area contributed by atoms with Gasteiger partial charge in [0.1, 0.15) is 12.4 Å². The fourth-order valence-electron chi connectivity index (χ4n) is 2.18. The molecule has 0 aliphatic heterocycles. The van der Waals surface area contributed by atoms with Crippen molar-refractivity contribution >= 4 is 34.4 Å². The number of halogens is 1. The lowest BCUT2D eigenvalue weighted by molar-refractivity contribution is 0.168. The lowest BCUT2D eigenvalue weighted by atomic mass is 10.1. The number of amides is 1. The Morgan fingerprint density at radius 2 is 1.96 bits per heavy atom. The van der Waals surface area contributed by atoms with E-state index in [9.17, 15) is 4.79 Å². The minimum absolute atomic E-state index is 0.337. The molecule has 0 radical (unpaired) electrons. The van der Waals surface area contributed by atoms with Crippen LogP contribution in [0.25, 0.3) is 0 Å². The van der Waals surface area contributed by atoms with Crippen molar-refractivity contribution in [2.24, 2.45) is 0 Å². The molecule has 0 saturated heterocycles. The zero-order valence-corrected chi connectivity index (χ0v) is 15.6. The van der Waals surface area contributed by atoms with Gasteiger partial charge in [-0.25, -0.2) is 4.79 Å². The molecule has 122 valence electrons. The van der Waals surface area contributed by atoms with Crippen LogP contribution in [0, 0.1) is 17.4 Å². The lowest BCUT2D eigenvalue weighted by Gasteiger charge is -2.14. The minimum atomic E-state index is -0.456. The second-order valence-corrected chi connectivity index (χ2v) is 6.45. The van der Waals surface area contributed by atoms with Gasteiger partial charge in [0.15, 0.2) is 0 Å². The molecule has 23 heavy (non-hydrogen) atoms. The number of hydrogen-bond donors (Lipinski definition) is 1. The molecule has 0 bridgehead atoms. The summed E-state index contributed by atoms with van der Waals surface area (Å²) in [7, 11) is 0. The average Bonchev–Trinajstić information content (AvgIpc) is 2.48. The molecule has 4 nitrogen and oxygen atoms in total. The highest BCUT2D eigenvalue weighted by Crippen LogP contribution is 2.24. The Bertz CT molecular complexity index is 701. The highest BCUT2D eigenvalue weighted by atomic mass is 127. The van der Waals surface area contributed by atoms with Crippen molar-refractivity contribution in [1.82, 2.24) is 0 Å². The quantitative estimate of drug-likeness (QED) is 0.682. The van der Waals surface area contributed by atoms with Gasteiger partial charge in [0.05, 0.1) is 12.3 Å². The monoisotopic (exact) mass is 425 g/mol. The van der Waals surface area contributed by atoms with E-state index in [4.69, 9.17) is 9.47 Å². The van der Waals surface area contributed by atoms with Crippen LogP contribution in [-0.4, -0.2) is 12.7 Å². The van der Waals surface area contributed by atoms with Crippen molar-refractivity contribution in [2.45, 2.75) is 27.4 Å². The van der Waals surface area contributed by atoms with Crippen LogP contribution in [0.5, 0.6) is 5.75 Å². The zero-order valence-electron chi connectivity index (χ0n) is 13.5. The van der Waals surface area contributed by atoms with Gasteiger partial charge in [-0.2, -0.15) is 0 Å². The van der Waals surface area contributed by atoms with E-state index in [1.54, 1.807) is 6.92 Å². The Hall–Kier alpha value is -1.76. The summed E-state index contributed by atoms with van der Waals surface area (Å²) in [4.78, 5) is 11.7. The van der Waals surface area contributed by atoms with Gasteiger partial charge in [0.2, 0.25) is 0 Å². The van der Waals surface area contributed by atoms with Gasteiger partial charge in [0.25, 0.3) is 0 Å². The zero-order chi connectivity index (χ0) is 16.8. The van der Waals surface area contributed by atoms with E-state index in [0.29, 0.717) is 18.9 Å². The third-order valence-electron chi connectivity index (χ3n) is 3.30. The highest BCUT2D eigenvalue weighted by Gasteiger charge is 2.09. The van der Waals surface area contributed by atoms with Gasteiger partial charge < -0.3 is 9.47 Å². The van der Waals surface area contributed by atoms with Gasteiger partial charge in [0, 0.05) is 9.13 Å². The smallest absolute Gasteiger partial charge is 0.411 e. The molecule has 0 aliphatic carbocycles. The average molecular weight is 425 g/mol. The number of rotatable bonds is 5. The van der Waals surface area contributed by atoms with Crippen molar-refractivity contribution in [2.75, 3.05) is 11.9 Å². The molecule has 0 heterocycles. The third kappa shape index (κ3) is 5.13. The predicted molar refractivity (Wildman–Crippen MR) is 100 cm³/mol. The van der Waals surface area contributed by atoms with E-state index in [0.717, 1.165) is 20.4 Å². The Labute approximate surface area is 150 Å². The number of benzene rings is 2. The van der Waals surface area contributed by atoms with Crippen LogP contribution in [0.15, 0.2) is 36.4 Å². The van der Waals surface area contributed by atoms with Crippen LogP contribution < -0.4 is 10.1 Å². The fraction of sp³-hybridized carbons (Fsp3) is 0.278. The Morgan fingerprint density at radius 3 is 2.65 bits per heavy atom. The maximum absolute atomic E-state index is 11.7. The molecular weight excluding hydrogens is 405 g/mol. The Balaban J connectivity index is 2.14. The van der Waals surface area contributed by atoms with E-state index in [-0.39, 0.29) is 0 Å². The number of hydrogen-bond acceptors (Lipinski definition) is 3. The van der Waals surface area contributed by atoms with Gasteiger partial charge >= 0.3 is 6.09 Å². The summed E-state index contributed by atoms with van der Waals surface area (Å²) < 4.78 is 11.9. The maximum atomic E-state index is 11.7. The molecule has 2 aromatic carbocycles. The largest absolute Gasteiger partial charge is 0.489 e. The van der Waals surface area contributed by atoms with Crippen LogP contribution >= 0.6 is 22.6 Å². The first kappa shape index (κ1) is 17.6. The van der Waals surface area contributed by atoms with Gasteiger partial charge in [-0.3, -0.25) is 5.32 Å². The van der Waals surface area contributed by atoms with E-state index >= 15 is 0 Å². The van der Waals surface area contributed by atoms with E-state index in [2.05, 4.69) is 40.9 Å². The molecule has 1 N–H and O–H groups in total. The second kappa shape index (κ2) is 8.19. The number of aryl methyl sites for hydroxylation is 2. The minimum Gasteiger partial charge on any atom is -0.489 e. The standard InChI is InChI=1S/C18H20INO3/c1-4-22-18(21)20-16-10-15(19)7-6-14(16)11-23-17-8-5-12(2)9-13(17)3/h5-10H,4,11H2,1-3H3,(H,20,21). The van der Waals surface area contributed by atoms with Crippen molar-refractivity contribution < 1.29 is 14.3 Å². The summed E-state index contributed by atoms with van der Waals surface area (Å²) >= 11 is 2.21. The van der Waals surface area contributed by atoms with E-state index in [1.165, 1.54) is 5.56 Å². The number of anilines is 1. The lowest BCUT2D eigenvalue weighted by Crippen LogP contribution is -2.15. The first-order valence-corrected chi connectivity index (χ1v) is 8.49. The topological polar surface area (TPSA) is 47.6 Å². The van der Waals surface area contributed by atoms with Crippen molar-refractivity contribution in [1.29, 1.82) is 0 Å². The molecule has 2 rings (SSSR count). The van der Waals surface area contributed by atoms with Crippen LogP contribution in [-0.2, 0) is 11.3 Å². The Morgan fingerprint density at radius 1 is 1.17 bits per heavy atom. The van der Waals surface area contributed by atoms with E-state index in [1.807, 2.05) is 37.3 Å². The first-order valence-electron chi connectivity index (χ1n) is 7.42. The van der Waals surface area contributed by atoms with Crippen LogP contribution in [0.2, 0.25) is 0 Å². The molecule has 1 amide bonds. The summed E-state index contributed by atoms with van der Waals surface area (Å²) in [5.74, 6) is 0.844. The molecule has 0 aromatic heterocycles. The molecule has 5 heteroatoms. The second-order valence-electron chi connectivity index (χ2n) is 5.20. The summed E-state index contributed by atoms with van der Waals surface area (Å²) in [6.45, 7) is 6.57. The van der Waals surface area contributed by atoms with Crippen molar-refractivity contribution in [3.8, 4) is 5.75 Å². The van der Waals surface area contributed by atoms with Gasteiger partial charge in [-0.05, 0) is 67.1 Å². The first-order chi connectivity index (χ1) is 11.0. The third-order valence-corrected chi connectivity index (χ3v) is 3.97. The predicted octanol–water partition coefficient (Wildman–Crippen LogP) is 5.06. The fourth-order valence-corrected chi connectivity index (χ4v) is 2.68. The molecular formula is C18H20INO3. The van der Waals surface area contributed by atoms with Crippen molar-refractivity contribution in [3.05, 3.63) is 56.7 Å². The molecule has 0 fully saturated rings. The SMILES string of the molecule is CCOC(=O)Nc1cc(I)ccc1COc1ccc(C)cc1C. The number of ether oxygens (including phenoxy) is 2. The molecule has 0 spiro atoms. The highest BCUT2D eigenvalue weighted by molar-refractivity contribution is 14.1. The molecule has 0 aliphatic rings. The number of carbonyl (C=O) groups is 1. The van der Waals surface area contributed by atoms with Crippen molar-refractivity contribution in [3.63, 3.8) is 0 Å². The van der Waals surface area contributed by atoms with Crippen LogP contribution in [0.1, 0.15) is 23.6 Å². The maximum Gasteiger partial charge on any atom is 0.411 e. The Kier molecular flexibility index (Phi) is 6.27. The van der Waals surface area contributed by atoms with Crippen LogP contribution in [0.3, 0.4) is 0 Å². The molecule has 0 unspecified atom stereocenters. The summed E-state index contributed by atoms with van der Waals surface area (Å²) in [6.07, 6.45) is -0.456. The number of carbonyl (C=O) groups excluding carboxylic acids is 1. The number of nitrogens with one attached hydrogen (secondary N) is 1. The molecule has 0 saturated carbocycles. The molecule has 2 aromatic rings. The summed E-state index contributed by atoms with van der Waals surface area (Å²) in [5, 5.41) is 2.77.